The number of carbonyl (C=O) groups is 1. The van der Waals surface area contributed by atoms with Crippen molar-refractivity contribution >= 4 is 26.7 Å². The predicted molar refractivity (Wildman–Crippen MR) is 130 cm³/mol. The van der Waals surface area contributed by atoms with Crippen molar-refractivity contribution in [3.63, 3.8) is 0 Å². The maximum absolute atomic E-state index is 13.2. The number of ether oxygens (including phenoxy) is 2. The van der Waals surface area contributed by atoms with Crippen molar-refractivity contribution in [1.82, 2.24) is 9.21 Å². The molecule has 0 aromatic heterocycles. The van der Waals surface area contributed by atoms with E-state index in [1.54, 1.807) is 23.1 Å². The zero-order valence-corrected chi connectivity index (χ0v) is 20.0. The maximum Gasteiger partial charge on any atom is 0.243 e. The van der Waals surface area contributed by atoms with E-state index < -0.39 is 10.0 Å². The number of carbonyl (C=O) groups excluding carboxylic acids is 1. The van der Waals surface area contributed by atoms with E-state index in [9.17, 15) is 13.2 Å². The van der Waals surface area contributed by atoms with Gasteiger partial charge in [-0.05, 0) is 53.4 Å². The van der Waals surface area contributed by atoms with Crippen LogP contribution in [0.4, 0.5) is 0 Å². The van der Waals surface area contributed by atoms with Crippen molar-refractivity contribution in [2.45, 2.75) is 30.2 Å². The van der Waals surface area contributed by atoms with Gasteiger partial charge in [0.05, 0.1) is 30.7 Å². The minimum absolute atomic E-state index is 0.110. The van der Waals surface area contributed by atoms with Gasteiger partial charge in [0.1, 0.15) is 0 Å². The number of likely N-dealkylation sites (tertiary alicyclic amines) is 1. The number of sulfonamides is 1. The lowest BCUT2D eigenvalue weighted by Crippen LogP contribution is -2.40. The molecule has 0 bridgehead atoms. The smallest absolute Gasteiger partial charge is 0.243 e. The van der Waals surface area contributed by atoms with Crippen molar-refractivity contribution in [3.8, 4) is 11.5 Å². The Labute approximate surface area is 199 Å². The highest BCUT2D eigenvalue weighted by Gasteiger charge is 2.33. The van der Waals surface area contributed by atoms with Crippen LogP contribution in [0.25, 0.3) is 10.8 Å². The summed E-state index contributed by atoms with van der Waals surface area (Å²) in [5.41, 5.74) is 0.982. The monoisotopic (exact) mass is 480 g/mol. The Morgan fingerprint density at radius 1 is 0.971 bits per heavy atom. The van der Waals surface area contributed by atoms with E-state index in [0.29, 0.717) is 25.5 Å². The lowest BCUT2D eigenvalue weighted by atomic mass is 10.0. The molecule has 2 aliphatic heterocycles. The second-order valence-corrected chi connectivity index (χ2v) is 10.8. The first kappa shape index (κ1) is 22.7. The third-order valence-electron chi connectivity index (χ3n) is 6.52. The van der Waals surface area contributed by atoms with Crippen LogP contribution in [-0.2, 0) is 14.8 Å². The van der Waals surface area contributed by atoms with Gasteiger partial charge in [-0.25, -0.2) is 8.42 Å². The van der Waals surface area contributed by atoms with E-state index in [0.717, 1.165) is 45.7 Å². The van der Waals surface area contributed by atoms with E-state index in [1.807, 2.05) is 42.5 Å². The molecule has 1 amide bonds. The molecule has 8 heteroatoms. The molecule has 0 saturated carbocycles. The Bertz CT molecular complexity index is 1320. The number of hydrogen-bond acceptors (Lipinski definition) is 5. The van der Waals surface area contributed by atoms with Crippen LogP contribution in [0.5, 0.6) is 11.5 Å². The number of rotatable bonds is 5. The molecule has 1 fully saturated rings. The molecule has 3 aromatic rings. The molecule has 3 aromatic carbocycles. The standard InChI is InChI=1S/C26H28N2O5S/c1-27(34(30,31)22-11-9-19-6-2-3-7-20(19)16-22)18-26(29)28-13-4-8-23(28)21-10-12-24-25(17-21)33-15-5-14-32-24/h2-3,6-7,9-12,16-17,23H,4-5,8,13-15,18H2,1H3/t23-/m0/s1. The Hall–Kier alpha value is -3.10. The number of amides is 1. The van der Waals surface area contributed by atoms with Gasteiger partial charge in [-0.1, -0.05) is 36.4 Å². The molecule has 0 N–H and O–H groups in total. The van der Waals surface area contributed by atoms with Gasteiger partial charge in [0.2, 0.25) is 15.9 Å². The van der Waals surface area contributed by atoms with Crippen LogP contribution in [-0.4, -0.2) is 56.9 Å². The summed E-state index contributed by atoms with van der Waals surface area (Å²) in [7, 11) is -2.34. The molecule has 0 spiro atoms. The number of fused-ring (bicyclic) bond motifs is 2. The average Bonchev–Trinajstić information content (AvgIpc) is 3.22. The number of hydrogen-bond donors (Lipinski definition) is 0. The lowest BCUT2D eigenvalue weighted by molar-refractivity contribution is -0.132. The zero-order chi connectivity index (χ0) is 23.7. The summed E-state index contributed by atoms with van der Waals surface area (Å²) in [6, 6.07) is 18.3. The zero-order valence-electron chi connectivity index (χ0n) is 19.1. The summed E-state index contributed by atoms with van der Waals surface area (Å²) < 4.78 is 39.1. The first-order chi connectivity index (χ1) is 16.4. The predicted octanol–water partition coefficient (Wildman–Crippen LogP) is 3.99. The van der Waals surface area contributed by atoms with Gasteiger partial charge in [0.15, 0.2) is 11.5 Å². The molecule has 0 radical (unpaired) electrons. The van der Waals surface area contributed by atoms with Crippen molar-refractivity contribution < 1.29 is 22.7 Å². The van der Waals surface area contributed by atoms with E-state index in [4.69, 9.17) is 9.47 Å². The van der Waals surface area contributed by atoms with Crippen molar-refractivity contribution in [1.29, 1.82) is 0 Å². The van der Waals surface area contributed by atoms with Gasteiger partial charge in [0, 0.05) is 20.0 Å². The van der Waals surface area contributed by atoms with Crippen molar-refractivity contribution in [3.05, 3.63) is 66.2 Å². The molecule has 5 rings (SSSR count). The fraction of sp³-hybridized carbons (Fsp3) is 0.346. The summed E-state index contributed by atoms with van der Waals surface area (Å²) >= 11 is 0. The van der Waals surface area contributed by atoms with Crippen LogP contribution >= 0.6 is 0 Å². The van der Waals surface area contributed by atoms with Gasteiger partial charge in [-0.2, -0.15) is 4.31 Å². The van der Waals surface area contributed by atoms with E-state index in [2.05, 4.69) is 0 Å². The third kappa shape index (κ3) is 4.35. The third-order valence-corrected chi connectivity index (χ3v) is 8.32. The highest BCUT2D eigenvalue weighted by molar-refractivity contribution is 7.89. The average molecular weight is 481 g/mol. The van der Waals surface area contributed by atoms with Crippen LogP contribution < -0.4 is 9.47 Å². The van der Waals surface area contributed by atoms with Gasteiger partial charge in [0.25, 0.3) is 0 Å². The quantitative estimate of drug-likeness (QED) is 0.552. The molecule has 2 aliphatic rings. The second kappa shape index (κ2) is 9.27. The summed E-state index contributed by atoms with van der Waals surface area (Å²) in [4.78, 5) is 15.2. The van der Waals surface area contributed by atoms with E-state index in [1.165, 1.54) is 7.05 Å². The largest absolute Gasteiger partial charge is 0.490 e. The summed E-state index contributed by atoms with van der Waals surface area (Å²) in [6.45, 7) is 1.61. The highest BCUT2D eigenvalue weighted by Crippen LogP contribution is 2.38. The molecule has 34 heavy (non-hydrogen) atoms. The number of benzene rings is 3. The van der Waals surface area contributed by atoms with Crippen LogP contribution in [0, 0.1) is 0 Å². The second-order valence-electron chi connectivity index (χ2n) is 8.77. The Balaban J connectivity index is 1.33. The minimum Gasteiger partial charge on any atom is -0.490 e. The van der Waals surface area contributed by atoms with Gasteiger partial charge < -0.3 is 14.4 Å². The SMILES string of the molecule is CN(CC(=O)N1CCC[C@H]1c1ccc2c(c1)OCCCO2)S(=O)(=O)c1ccc2ccccc2c1. The van der Waals surface area contributed by atoms with Crippen LogP contribution in [0.1, 0.15) is 30.9 Å². The van der Waals surface area contributed by atoms with E-state index in [-0.39, 0.29) is 23.4 Å². The van der Waals surface area contributed by atoms with Crippen molar-refractivity contribution in [2.75, 3.05) is 33.4 Å². The molecular formula is C26H28N2O5S. The van der Waals surface area contributed by atoms with Crippen molar-refractivity contribution in [2.24, 2.45) is 0 Å². The minimum atomic E-state index is -3.80. The maximum atomic E-state index is 13.2. The topological polar surface area (TPSA) is 76.2 Å². The summed E-state index contributed by atoms with van der Waals surface area (Å²) in [5.74, 6) is 1.21. The lowest BCUT2D eigenvalue weighted by Gasteiger charge is -2.27. The fourth-order valence-electron chi connectivity index (χ4n) is 4.67. The molecule has 1 saturated heterocycles. The molecule has 178 valence electrons. The van der Waals surface area contributed by atoms with Gasteiger partial charge in [-0.15, -0.1) is 0 Å². The highest BCUT2D eigenvalue weighted by atomic mass is 32.2. The molecular weight excluding hydrogens is 452 g/mol. The van der Waals surface area contributed by atoms with Gasteiger partial charge in [-0.3, -0.25) is 4.79 Å². The summed E-state index contributed by atoms with van der Waals surface area (Å²) in [6.07, 6.45) is 2.52. The first-order valence-electron chi connectivity index (χ1n) is 11.6. The van der Waals surface area contributed by atoms with Crippen LogP contribution in [0.15, 0.2) is 65.6 Å². The molecule has 0 unspecified atom stereocenters. The normalized spacial score (nSPS) is 18.3. The Kier molecular flexibility index (Phi) is 6.18. The van der Waals surface area contributed by atoms with Crippen LogP contribution in [0.2, 0.25) is 0 Å². The van der Waals surface area contributed by atoms with Gasteiger partial charge >= 0.3 is 0 Å². The molecule has 0 aliphatic carbocycles. The van der Waals surface area contributed by atoms with Crippen LogP contribution in [0.3, 0.4) is 0 Å². The molecule has 7 nitrogen and oxygen atoms in total. The Morgan fingerprint density at radius 2 is 1.74 bits per heavy atom. The molecule has 2 heterocycles. The molecule has 1 atom stereocenters. The fourth-order valence-corrected chi connectivity index (χ4v) is 5.83. The number of likely N-dealkylation sites (N-methyl/N-ethyl adjacent to an activating group) is 1. The Morgan fingerprint density at radius 3 is 2.56 bits per heavy atom. The van der Waals surface area contributed by atoms with E-state index >= 15 is 0 Å². The summed E-state index contributed by atoms with van der Waals surface area (Å²) in [5, 5.41) is 1.81. The number of nitrogens with zero attached hydrogens (tertiary/aromatic N) is 2. The first-order valence-corrected chi connectivity index (χ1v) is 13.0.